The van der Waals surface area contributed by atoms with Gasteiger partial charge in [-0.05, 0) is 32.3 Å². The summed E-state index contributed by atoms with van der Waals surface area (Å²) >= 11 is 0. The maximum atomic E-state index is 10.1. The highest BCUT2D eigenvalue weighted by Gasteiger charge is 2.15. The average molecular weight is 221 g/mol. The number of aliphatic hydroxyl groups excluding tert-OH is 1. The van der Waals surface area contributed by atoms with Crippen LogP contribution in [-0.4, -0.2) is 23.3 Å². The molecule has 0 heterocycles. The number of aliphatic hydroxyl groups is 1. The molecule has 0 saturated carbocycles. The Balaban J connectivity index is 2.43. The van der Waals surface area contributed by atoms with E-state index >= 15 is 0 Å². The van der Waals surface area contributed by atoms with Gasteiger partial charge in [0.25, 0.3) is 0 Å². The van der Waals surface area contributed by atoms with E-state index in [1.165, 1.54) is 5.56 Å². The molecule has 0 aliphatic rings. The Bertz CT molecular complexity index is 286. The van der Waals surface area contributed by atoms with Gasteiger partial charge in [0, 0.05) is 12.1 Å². The molecular weight excluding hydrogens is 198 g/mol. The number of hydrogen-bond acceptors (Lipinski definition) is 2. The SMILES string of the molecule is CCC(C)NC(C)C(O)Cc1ccccc1. The van der Waals surface area contributed by atoms with Gasteiger partial charge in [0.2, 0.25) is 0 Å². The van der Waals surface area contributed by atoms with Crippen LogP contribution in [0.15, 0.2) is 30.3 Å². The van der Waals surface area contributed by atoms with E-state index in [2.05, 4.69) is 31.3 Å². The monoisotopic (exact) mass is 221 g/mol. The molecule has 0 fully saturated rings. The van der Waals surface area contributed by atoms with Gasteiger partial charge in [-0.1, -0.05) is 37.3 Å². The van der Waals surface area contributed by atoms with Gasteiger partial charge in [-0.3, -0.25) is 0 Å². The fourth-order valence-electron chi connectivity index (χ4n) is 1.71. The zero-order valence-electron chi connectivity index (χ0n) is 10.5. The van der Waals surface area contributed by atoms with E-state index in [-0.39, 0.29) is 12.1 Å². The highest BCUT2D eigenvalue weighted by molar-refractivity contribution is 5.15. The van der Waals surface area contributed by atoms with Gasteiger partial charge < -0.3 is 10.4 Å². The lowest BCUT2D eigenvalue weighted by atomic mass is 10.0. The summed E-state index contributed by atoms with van der Waals surface area (Å²) in [6, 6.07) is 10.7. The fraction of sp³-hybridized carbons (Fsp3) is 0.571. The molecule has 0 aliphatic carbocycles. The third-order valence-electron chi connectivity index (χ3n) is 3.02. The van der Waals surface area contributed by atoms with Gasteiger partial charge >= 0.3 is 0 Å². The zero-order chi connectivity index (χ0) is 12.0. The van der Waals surface area contributed by atoms with Crippen LogP contribution in [0.25, 0.3) is 0 Å². The highest BCUT2D eigenvalue weighted by atomic mass is 16.3. The van der Waals surface area contributed by atoms with Crippen LogP contribution in [0.1, 0.15) is 32.8 Å². The van der Waals surface area contributed by atoms with Crippen molar-refractivity contribution >= 4 is 0 Å². The molecule has 0 bridgehead atoms. The van der Waals surface area contributed by atoms with Gasteiger partial charge in [-0.15, -0.1) is 0 Å². The van der Waals surface area contributed by atoms with E-state index in [9.17, 15) is 5.11 Å². The molecule has 16 heavy (non-hydrogen) atoms. The average Bonchev–Trinajstić information content (AvgIpc) is 2.30. The van der Waals surface area contributed by atoms with Crippen molar-refractivity contribution < 1.29 is 5.11 Å². The summed E-state index contributed by atoms with van der Waals surface area (Å²) in [6.07, 6.45) is 1.48. The van der Waals surface area contributed by atoms with E-state index in [1.807, 2.05) is 25.1 Å². The first-order chi connectivity index (χ1) is 7.63. The van der Waals surface area contributed by atoms with Gasteiger partial charge in [-0.25, -0.2) is 0 Å². The first-order valence-corrected chi connectivity index (χ1v) is 6.11. The van der Waals surface area contributed by atoms with E-state index in [1.54, 1.807) is 0 Å². The second kappa shape index (κ2) is 6.66. The third-order valence-corrected chi connectivity index (χ3v) is 3.02. The second-order valence-electron chi connectivity index (χ2n) is 4.52. The Morgan fingerprint density at radius 3 is 2.38 bits per heavy atom. The standard InChI is InChI=1S/C14H23NO/c1-4-11(2)15-12(3)14(16)10-13-8-6-5-7-9-13/h5-9,11-12,14-16H,4,10H2,1-3H3. The summed E-state index contributed by atoms with van der Waals surface area (Å²) in [5, 5.41) is 13.5. The Kier molecular flexibility index (Phi) is 5.50. The zero-order valence-corrected chi connectivity index (χ0v) is 10.5. The van der Waals surface area contributed by atoms with Crippen LogP contribution in [0.4, 0.5) is 0 Å². The molecule has 0 saturated heterocycles. The maximum absolute atomic E-state index is 10.1. The van der Waals surface area contributed by atoms with Crippen LogP contribution in [0.5, 0.6) is 0 Å². The van der Waals surface area contributed by atoms with Crippen LogP contribution >= 0.6 is 0 Å². The Morgan fingerprint density at radius 2 is 1.81 bits per heavy atom. The molecule has 90 valence electrons. The van der Waals surface area contributed by atoms with Crippen LogP contribution in [-0.2, 0) is 6.42 Å². The summed E-state index contributed by atoms with van der Waals surface area (Å²) in [5.74, 6) is 0. The normalized spacial score (nSPS) is 16.8. The van der Waals surface area contributed by atoms with Crippen molar-refractivity contribution in [2.45, 2.75) is 51.8 Å². The largest absolute Gasteiger partial charge is 0.391 e. The third kappa shape index (κ3) is 4.33. The first-order valence-electron chi connectivity index (χ1n) is 6.11. The van der Waals surface area contributed by atoms with Gasteiger partial charge in [0.15, 0.2) is 0 Å². The highest BCUT2D eigenvalue weighted by Crippen LogP contribution is 2.06. The second-order valence-corrected chi connectivity index (χ2v) is 4.52. The lowest BCUT2D eigenvalue weighted by molar-refractivity contribution is 0.129. The van der Waals surface area contributed by atoms with Gasteiger partial charge in [0.05, 0.1) is 6.10 Å². The molecular formula is C14H23NO. The van der Waals surface area contributed by atoms with Crippen molar-refractivity contribution in [2.75, 3.05) is 0 Å². The first kappa shape index (κ1) is 13.2. The number of benzene rings is 1. The van der Waals surface area contributed by atoms with Gasteiger partial charge in [0.1, 0.15) is 0 Å². The van der Waals surface area contributed by atoms with Crippen molar-refractivity contribution in [1.82, 2.24) is 5.32 Å². The number of hydrogen-bond donors (Lipinski definition) is 2. The number of nitrogens with one attached hydrogen (secondary N) is 1. The van der Waals surface area contributed by atoms with E-state index < -0.39 is 0 Å². The van der Waals surface area contributed by atoms with E-state index in [0.717, 1.165) is 6.42 Å². The predicted octanol–water partition coefficient (Wildman–Crippen LogP) is 2.37. The van der Waals surface area contributed by atoms with Crippen LogP contribution < -0.4 is 5.32 Å². The molecule has 0 amide bonds. The van der Waals surface area contributed by atoms with E-state index in [0.29, 0.717) is 12.5 Å². The maximum Gasteiger partial charge on any atom is 0.0730 e. The molecule has 0 spiro atoms. The molecule has 3 unspecified atom stereocenters. The van der Waals surface area contributed by atoms with E-state index in [4.69, 9.17) is 0 Å². The lowest BCUT2D eigenvalue weighted by Gasteiger charge is -2.23. The van der Waals surface area contributed by atoms with Crippen LogP contribution in [0, 0.1) is 0 Å². The van der Waals surface area contributed by atoms with Crippen molar-refractivity contribution in [3.05, 3.63) is 35.9 Å². The quantitative estimate of drug-likeness (QED) is 0.773. The van der Waals surface area contributed by atoms with Crippen LogP contribution in [0.2, 0.25) is 0 Å². The Morgan fingerprint density at radius 1 is 1.19 bits per heavy atom. The molecule has 0 aliphatic heterocycles. The molecule has 2 nitrogen and oxygen atoms in total. The smallest absolute Gasteiger partial charge is 0.0730 e. The molecule has 1 aromatic carbocycles. The summed E-state index contributed by atoms with van der Waals surface area (Å²) in [6.45, 7) is 6.33. The summed E-state index contributed by atoms with van der Waals surface area (Å²) in [4.78, 5) is 0. The van der Waals surface area contributed by atoms with Gasteiger partial charge in [-0.2, -0.15) is 0 Å². The molecule has 1 aromatic rings. The molecule has 1 rings (SSSR count). The minimum Gasteiger partial charge on any atom is -0.391 e. The van der Waals surface area contributed by atoms with Crippen molar-refractivity contribution in [3.63, 3.8) is 0 Å². The summed E-state index contributed by atoms with van der Waals surface area (Å²) in [5.41, 5.74) is 1.19. The summed E-state index contributed by atoms with van der Waals surface area (Å²) in [7, 11) is 0. The minimum absolute atomic E-state index is 0.134. The Labute approximate surface area is 98.7 Å². The number of rotatable bonds is 6. The van der Waals surface area contributed by atoms with Crippen molar-refractivity contribution in [1.29, 1.82) is 0 Å². The Hall–Kier alpha value is -0.860. The minimum atomic E-state index is -0.323. The van der Waals surface area contributed by atoms with Crippen molar-refractivity contribution in [2.24, 2.45) is 0 Å². The topological polar surface area (TPSA) is 32.3 Å². The molecule has 0 aromatic heterocycles. The molecule has 0 radical (unpaired) electrons. The van der Waals surface area contributed by atoms with Crippen molar-refractivity contribution in [3.8, 4) is 0 Å². The molecule has 2 N–H and O–H groups in total. The lowest BCUT2D eigenvalue weighted by Crippen LogP contribution is -2.43. The predicted molar refractivity (Wildman–Crippen MR) is 68.5 cm³/mol. The molecule has 2 heteroatoms. The fourth-order valence-corrected chi connectivity index (χ4v) is 1.71. The van der Waals surface area contributed by atoms with Crippen LogP contribution in [0.3, 0.4) is 0 Å². The molecule has 3 atom stereocenters. The summed E-state index contributed by atoms with van der Waals surface area (Å²) < 4.78 is 0.